The molecule has 2 aliphatic rings. The Morgan fingerprint density at radius 2 is 1.73 bits per heavy atom. The minimum absolute atomic E-state index is 0. The number of rotatable bonds is 2. The number of carbonyl (C=O) groups excluding carboxylic acids is 1. The Morgan fingerprint density at radius 1 is 1.09 bits per heavy atom. The van der Waals surface area contributed by atoms with Crippen molar-refractivity contribution in [3.8, 4) is 0 Å². The van der Waals surface area contributed by atoms with Crippen molar-refractivity contribution in [3.05, 3.63) is 35.4 Å². The van der Waals surface area contributed by atoms with E-state index in [2.05, 4.69) is 5.32 Å². The zero-order valence-electron chi connectivity index (χ0n) is 12.4. The molecular formula is C16H21ClF2N2O. The Labute approximate surface area is 135 Å². The van der Waals surface area contributed by atoms with Crippen molar-refractivity contribution >= 4 is 18.3 Å². The molecule has 0 spiro atoms. The van der Waals surface area contributed by atoms with E-state index in [9.17, 15) is 13.6 Å². The fourth-order valence-electron chi connectivity index (χ4n) is 3.48. The molecule has 0 radical (unpaired) electrons. The third kappa shape index (κ3) is 3.76. The van der Waals surface area contributed by atoms with Crippen molar-refractivity contribution in [3.63, 3.8) is 0 Å². The second-order valence-corrected chi connectivity index (χ2v) is 5.99. The van der Waals surface area contributed by atoms with Gasteiger partial charge in [-0.15, -0.1) is 12.4 Å². The highest BCUT2D eigenvalue weighted by Gasteiger charge is 2.30. The topological polar surface area (TPSA) is 32.3 Å². The fraction of sp³-hybridized carbons (Fsp3) is 0.562. The summed E-state index contributed by atoms with van der Waals surface area (Å²) in [4.78, 5) is 14.0. The lowest BCUT2D eigenvalue weighted by Gasteiger charge is -2.35. The maximum absolute atomic E-state index is 13.2. The van der Waals surface area contributed by atoms with Crippen LogP contribution in [0.5, 0.6) is 0 Å². The molecule has 1 atom stereocenters. The van der Waals surface area contributed by atoms with Crippen LogP contribution in [0.15, 0.2) is 18.2 Å². The first-order valence-electron chi connectivity index (χ1n) is 7.62. The van der Waals surface area contributed by atoms with Crippen molar-refractivity contribution < 1.29 is 13.6 Å². The highest BCUT2D eigenvalue weighted by Crippen LogP contribution is 2.26. The molecule has 0 saturated carbocycles. The Hall–Kier alpha value is -1.20. The fourth-order valence-corrected chi connectivity index (χ4v) is 3.48. The quantitative estimate of drug-likeness (QED) is 0.904. The molecule has 1 aromatic carbocycles. The Bertz CT molecular complexity index is 507. The summed E-state index contributed by atoms with van der Waals surface area (Å²) in [6, 6.07) is 3.58. The molecule has 0 aromatic heterocycles. The van der Waals surface area contributed by atoms with E-state index >= 15 is 0 Å². The Kier molecular flexibility index (Phi) is 5.75. The molecule has 1 N–H and O–H groups in total. The zero-order valence-corrected chi connectivity index (χ0v) is 13.2. The zero-order chi connectivity index (χ0) is 14.8. The van der Waals surface area contributed by atoms with Gasteiger partial charge in [0.05, 0.1) is 0 Å². The second kappa shape index (κ2) is 7.38. The molecule has 2 heterocycles. The van der Waals surface area contributed by atoms with Gasteiger partial charge in [-0.1, -0.05) is 0 Å². The van der Waals surface area contributed by atoms with Crippen LogP contribution in [0.2, 0.25) is 0 Å². The minimum Gasteiger partial charge on any atom is -0.339 e. The Morgan fingerprint density at radius 3 is 2.27 bits per heavy atom. The van der Waals surface area contributed by atoms with Gasteiger partial charge in [-0.05, 0) is 50.3 Å². The first-order valence-corrected chi connectivity index (χ1v) is 7.62. The minimum atomic E-state index is -0.705. The number of hydrogen-bond donors (Lipinski definition) is 1. The van der Waals surface area contributed by atoms with Gasteiger partial charge in [0.1, 0.15) is 11.6 Å². The van der Waals surface area contributed by atoms with Gasteiger partial charge < -0.3 is 10.2 Å². The van der Waals surface area contributed by atoms with Gasteiger partial charge in [0.15, 0.2) is 0 Å². The van der Waals surface area contributed by atoms with Crippen LogP contribution in [0.4, 0.5) is 8.78 Å². The largest absolute Gasteiger partial charge is 0.339 e. The van der Waals surface area contributed by atoms with Crippen molar-refractivity contribution in [2.45, 2.75) is 31.7 Å². The van der Waals surface area contributed by atoms with Crippen LogP contribution in [0.25, 0.3) is 0 Å². The maximum atomic E-state index is 13.2. The van der Waals surface area contributed by atoms with Crippen LogP contribution in [-0.4, -0.2) is 36.5 Å². The average molecular weight is 331 g/mol. The van der Waals surface area contributed by atoms with E-state index in [4.69, 9.17) is 0 Å². The SMILES string of the molecule is Cl.O=C(c1cc(F)cc(F)c1)N1CCC(C2CCCN2)CC1. The van der Waals surface area contributed by atoms with Crippen molar-refractivity contribution in [2.75, 3.05) is 19.6 Å². The van der Waals surface area contributed by atoms with Crippen LogP contribution in [0.3, 0.4) is 0 Å². The molecule has 0 bridgehead atoms. The molecule has 2 aliphatic heterocycles. The maximum Gasteiger partial charge on any atom is 0.254 e. The third-order valence-electron chi connectivity index (χ3n) is 4.60. The molecule has 2 saturated heterocycles. The summed E-state index contributed by atoms with van der Waals surface area (Å²) in [5.74, 6) is -1.07. The highest BCUT2D eigenvalue weighted by atomic mass is 35.5. The molecule has 122 valence electrons. The van der Waals surface area contributed by atoms with E-state index in [0.717, 1.165) is 37.6 Å². The molecular weight excluding hydrogens is 310 g/mol. The molecule has 2 fully saturated rings. The number of benzene rings is 1. The van der Waals surface area contributed by atoms with Crippen LogP contribution >= 0.6 is 12.4 Å². The van der Waals surface area contributed by atoms with Gasteiger partial charge in [-0.2, -0.15) is 0 Å². The smallest absolute Gasteiger partial charge is 0.254 e. The van der Waals surface area contributed by atoms with E-state index in [1.165, 1.54) is 12.8 Å². The number of amides is 1. The lowest BCUT2D eigenvalue weighted by Crippen LogP contribution is -2.43. The number of nitrogens with one attached hydrogen (secondary N) is 1. The van der Waals surface area contributed by atoms with Crippen molar-refractivity contribution in [1.29, 1.82) is 0 Å². The lowest BCUT2D eigenvalue weighted by atomic mass is 9.88. The third-order valence-corrected chi connectivity index (χ3v) is 4.60. The van der Waals surface area contributed by atoms with Crippen molar-refractivity contribution in [2.24, 2.45) is 5.92 Å². The van der Waals surface area contributed by atoms with E-state index in [0.29, 0.717) is 25.0 Å². The standard InChI is InChI=1S/C16H20F2N2O.ClH/c17-13-8-12(9-14(18)10-13)16(21)20-6-3-11(4-7-20)15-2-1-5-19-15;/h8-11,15,19H,1-7H2;1H. The predicted molar refractivity (Wildman–Crippen MR) is 83.3 cm³/mol. The summed E-state index contributed by atoms with van der Waals surface area (Å²) in [5.41, 5.74) is 0.102. The number of carbonyl (C=O) groups is 1. The van der Waals surface area contributed by atoms with Gasteiger partial charge in [0, 0.05) is 30.8 Å². The average Bonchev–Trinajstić information content (AvgIpc) is 3.00. The number of halogens is 3. The molecule has 6 heteroatoms. The van der Waals surface area contributed by atoms with Gasteiger partial charge in [-0.3, -0.25) is 4.79 Å². The summed E-state index contributed by atoms with van der Waals surface area (Å²) in [6.45, 7) is 2.42. The summed E-state index contributed by atoms with van der Waals surface area (Å²) < 4.78 is 26.4. The number of piperidine rings is 1. The summed E-state index contributed by atoms with van der Waals surface area (Å²) in [6.07, 6.45) is 4.36. The molecule has 1 unspecified atom stereocenters. The first kappa shape index (κ1) is 17.2. The lowest BCUT2D eigenvalue weighted by molar-refractivity contribution is 0.0673. The van der Waals surface area contributed by atoms with Crippen LogP contribution < -0.4 is 5.32 Å². The number of nitrogens with zero attached hydrogens (tertiary/aromatic N) is 1. The second-order valence-electron chi connectivity index (χ2n) is 5.99. The molecule has 0 aliphatic carbocycles. The normalized spacial score (nSPS) is 22.5. The van der Waals surface area contributed by atoms with E-state index in [1.807, 2.05) is 0 Å². The van der Waals surface area contributed by atoms with E-state index in [-0.39, 0.29) is 23.9 Å². The summed E-state index contributed by atoms with van der Waals surface area (Å²) >= 11 is 0. The summed E-state index contributed by atoms with van der Waals surface area (Å²) in [7, 11) is 0. The summed E-state index contributed by atoms with van der Waals surface area (Å²) in [5, 5.41) is 3.51. The van der Waals surface area contributed by atoms with Gasteiger partial charge in [0.25, 0.3) is 5.91 Å². The molecule has 3 rings (SSSR count). The molecule has 1 amide bonds. The van der Waals surface area contributed by atoms with E-state index in [1.54, 1.807) is 4.90 Å². The van der Waals surface area contributed by atoms with Crippen LogP contribution in [-0.2, 0) is 0 Å². The number of hydrogen-bond acceptors (Lipinski definition) is 2. The molecule has 22 heavy (non-hydrogen) atoms. The van der Waals surface area contributed by atoms with Crippen LogP contribution in [0, 0.1) is 17.6 Å². The predicted octanol–water partition coefficient (Wildman–Crippen LogP) is 2.99. The monoisotopic (exact) mass is 330 g/mol. The van der Waals surface area contributed by atoms with Gasteiger partial charge in [0.2, 0.25) is 0 Å². The Balaban J connectivity index is 0.00000176. The van der Waals surface area contributed by atoms with Gasteiger partial charge >= 0.3 is 0 Å². The molecule has 1 aromatic rings. The van der Waals surface area contributed by atoms with Crippen molar-refractivity contribution in [1.82, 2.24) is 10.2 Å². The highest BCUT2D eigenvalue weighted by molar-refractivity contribution is 5.94. The van der Waals surface area contributed by atoms with Crippen LogP contribution in [0.1, 0.15) is 36.0 Å². The first-order chi connectivity index (χ1) is 10.1. The molecule has 3 nitrogen and oxygen atoms in total. The van der Waals surface area contributed by atoms with Gasteiger partial charge in [-0.25, -0.2) is 8.78 Å². The number of likely N-dealkylation sites (tertiary alicyclic amines) is 1. The van der Waals surface area contributed by atoms with E-state index < -0.39 is 11.6 Å².